The monoisotopic (exact) mass is 307 g/mol. The van der Waals surface area contributed by atoms with E-state index in [2.05, 4.69) is 0 Å². The number of aliphatic carboxylic acids is 1. The number of halogens is 2. The van der Waals surface area contributed by atoms with E-state index in [1.165, 1.54) is 6.92 Å². The molecule has 0 aliphatic carbocycles. The van der Waals surface area contributed by atoms with Crippen LogP contribution in [0.5, 0.6) is 0 Å². The van der Waals surface area contributed by atoms with Crippen molar-refractivity contribution >= 4 is 16.0 Å². The summed E-state index contributed by atoms with van der Waals surface area (Å²) in [5, 5.41) is 8.79. The molecule has 1 rings (SSSR count). The van der Waals surface area contributed by atoms with Crippen LogP contribution in [-0.2, 0) is 14.8 Å². The molecule has 1 aromatic rings. The highest BCUT2D eigenvalue weighted by Crippen LogP contribution is 2.22. The second-order valence-electron chi connectivity index (χ2n) is 4.28. The van der Waals surface area contributed by atoms with E-state index in [1.54, 1.807) is 6.92 Å². The van der Waals surface area contributed by atoms with Crippen LogP contribution in [0.1, 0.15) is 20.3 Å². The van der Waals surface area contributed by atoms with Crippen LogP contribution in [0.2, 0.25) is 0 Å². The molecule has 1 unspecified atom stereocenters. The summed E-state index contributed by atoms with van der Waals surface area (Å²) in [6.45, 7) is 2.41. The van der Waals surface area contributed by atoms with Crippen molar-refractivity contribution in [1.29, 1.82) is 0 Å². The second kappa shape index (κ2) is 6.27. The molecule has 20 heavy (non-hydrogen) atoms. The Balaban J connectivity index is 3.32. The van der Waals surface area contributed by atoms with E-state index in [1.807, 2.05) is 0 Å². The van der Waals surface area contributed by atoms with Gasteiger partial charge >= 0.3 is 5.97 Å². The van der Waals surface area contributed by atoms with Gasteiger partial charge in [-0.3, -0.25) is 4.79 Å². The number of benzene rings is 1. The Hall–Kier alpha value is -1.54. The lowest BCUT2D eigenvalue weighted by atomic mass is 10.2. The Labute approximate surface area is 115 Å². The summed E-state index contributed by atoms with van der Waals surface area (Å²) >= 11 is 0. The largest absolute Gasteiger partial charge is 0.480 e. The molecule has 112 valence electrons. The summed E-state index contributed by atoms with van der Waals surface area (Å²) in [4.78, 5) is 10.1. The third kappa shape index (κ3) is 3.51. The first-order valence-corrected chi connectivity index (χ1v) is 7.32. The van der Waals surface area contributed by atoms with Gasteiger partial charge in [0, 0.05) is 12.1 Å². The predicted octanol–water partition coefficient (Wildman–Crippen LogP) is 1.84. The molecule has 0 radical (unpaired) electrons. The Morgan fingerprint density at radius 3 is 2.45 bits per heavy atom. The number of carbonyl (C=O) groups is 1. The van der Waals surface area contributed by atoms with Crippen LogP contribution in [0.25, 0.3) is 0 Å². The molecule has 0 aromatic heterocycles. The van der Waals surface area contributed by atoms with Crippen LogP contribution < -0.4 is 0 Å². The van der Waals surface area contributed by atoms with E-state index < -0.39 is 45.1 Å². The van der Waals surface area contributed by atoms with E-state index in [4.69, 9.17) is 5.11 Å². The van der Waals surface area contributed by atoms with E-state index in [0.717, 1.165) is 12.1 Å². The van der Waals surface area contributed by atoms with Gasteiger partial charge < -0.3 is 5.11 Å². The minimum atomic E-state index is -4.34. The fraction of sp³-hybridized carbons (Fsp3) is 0.417. The molecule has 0 saturated carbocycles. The van der Waals surface area contributed by atoms with Crippen molar-refractivity contribution in [2.75, 3.05) is 6.54 Å². The molecule has 0 fully saturated rings. The van der Waals surface area contributed by atoms with Gasteiger partial charge in [-0.25, -0.2) is 17.2 Å². The van der Waals surface area contributed by atoms with Gasteiger partial charge in [-0.2, -0.15) is 4.31 Å². The maximum absolute atomic E-state index is 13.6. The predicted molar refractivity (Wildman–Crippen MR) is 67.6 cm³/mol. The van der Waals surface area contributed by atoms with Crippen molar-refractivity contribution in [2.45, 2.75) is 31.2 Å². The van der Waals surface area contributed by atoms with Crippen LogP contribution >= 0.6 is 0 Å². The summed E-state index contributed by atoms with van der Waals surface area (Å²) in [7, 11) is -4.34. The Morgan fingerprint density at radius 2 is 2.00 bits per heavy atom. The van der Waals surface area contributed by atoms with Gasteiger partial charge in [0.1, 0.15) is 23.1 Å². The molecule has 0 amide bonds. The summed E-state index contributed by atoms with van der Waals surface area (Å²) in [6.07, 6.45) is 0.356. The molecule has 0 saturated heterocycles. The molecule has 0 heterocycles. The van der Waals surface area contributed by atoms with Crippen LogP contribution in [0.4, 0.5) is 8.78 Å². The van der Waals surface area contributed by atoms with E-state index >= 15 is 0 Å². The van der Waals surface area contributed by atoms with Crippen molar-refractivity contribution in [1.82, 2.24) is 4.31 Å². The van der Waals surface area contributed by atoms with Gasteiger partial charge in [-0.1, -0.05) is 6.92 Å². The molecular weight excluding hydrogens is 292 g/mol. The zero-order valence-electron chi connectivity index (χ0n) is 11.0. The lowest BCUT2D eigenvalue weighted by Gasteiger charge is -2.26. The highest BCUT2D eigenvalue weighted by atomic mass is 32.2. The van der Waals surface area contributed by atoms with Gasteiger partial charge in [0.2, 0.25) is 10.0 Å². The zero-order chi connectivity index (χ0) is 15.5. The summed E-state index contributed by atoms with van der Waals surface area (Å²) < 4.78 is 51.7. The lowest BCUT2D eigenvalue weighted by Crippen LogP contribution is -2.42. The molecule has 1 atom stereocenters. The molecular formula is C12H15F2NO4S. The number of hydrogen-bond acceptors (Lipinski definition) is 3. The first-order valence-electron chi connectivity index (χ1n) is 5.88. The third-order valence-corrected chi connectivity index (χ3v) is 4.85. The van der Waals surface area contributed by atoms with Crippen LogP contribution in [0.15, 0.2) is 23.1 Å². The topological polar surface area (TPSA) is 74.7 Å². The summed E-state index contributed by atoms with van der Waals surface area (Å²) in [5.41, 5.74) is 0. The van der Waals surface area contributed by atoms with Crippen molar-refractivity contribution in [3.8, 4) is 0 Å². The van der Waals surface area contributed by atoms with Crippen LogP contribution in [0, 0.1) is 11.6 Å². The van der Waals surface area contributed by atoms with E-state index in [9.17, 15) is 22.0 Å². The molecule has 5 nitrogen and oxygen atoms in total. The van der Waals surface area contributed by atoms with Crippen LogP contribution in [-0.4, -0.2) is 36.4 Å². The molecule has 0 aliphatic heterocycles. The van der Waals surface area contributed by atoms with Gasteiger partial charge in [0.25, 0.3) is 0 Å². The normalized spacial score (nSPS) is 13.4. The maximum Gasteiger partial charge on any atom is 0.318 e. The first-order chi connectivity index (χ1) is 9.20. The van der Waals surface area contributed by atoms with Gasteiger partial charge in [0.15, 0.2) is 0 Å². The number of nitrogens with zero attached hydrogens (tertiary/aromatic N) is 1. The van der Waals surface area contributed by atoms with E-state index in [-0.39, 0.29) is 0 Å². The standard InChI is InChI=1S/C12H15F2NO4S/c1-3-8(2)15(7-12(16)17)20(18,19)11-5-4-9(13)6-10(11)14/h4-6,8H,3,7H2,1-2H3,(H,16,17). The summed E-state index contributed by atoms with van der Waals surface area (Å²) in [6, 6.07) is 1.42. The number of hydrogen-bond donors (Lipinski definition) is 1. The number of carboxylic acid groups (broad SMARTS) is 1. The fourth-order valence-corrected chi connectivity index (χ4v) is 3.33. The van der Waals surface area contributed by atoms with Gasteiger partial charge in [0.05, 0.1) is 0 Å². The minimum Gasteiger partial charge on any atom is -0.480 e. The number of carboxylic acids is 1. The molecule has 0 spiro atoms. The zero-order valence-corrected chi connectivity index (χ0v) is 11.8. The van der Waals surface area contributed by atoms with Crippen LogP contribution in [0.3, 0.4) is 0 Å². The fourth-order valence-electron chi connectivity index (χ4n) is 1.63. The Kier molecular flexibility index (Phi) is 5.18. The van der Waals surface area contributed by atoms with Gasteiger partial charge in [-0.15, -0.1) is 0 Å². The van der Waals surface area contributed by atoms with Gasteiger partial charge in [-0.05, 0) is 25.5 Å². The lowest BCUT2D eigenvalue weighted by molar-refractivity contribution is -0.137. The van der Waals surface area contributed by atoms with Crippen molar-refractivity contribution < 1.29 is 27.1 Å². The molecule has 1 N–H and O–H groups in total. The molecule has 1 aromatic carbocycles. The summed E-state index contributed by atoms with van der Waals surface area (Å²) in [5.74, 6) is -3.50. The Bertz CT molecular complexity index is 603. The minimum absolute atomic E-state index is 0.356. The SMILES string of the molecule is CCC(C)N(CC(=O)O)S(=O)(=O)c1ccc(F)cc1F. The quantitative estimate of drug-likeness (QED) is 0.870. The Morgan fingerprint density at radius 1 is 1.40 bits per heavy atom. The molecule has 8 heteroatoms. The first kappa shape index (κ1) is 16.5. The average Bonchev–Trinajstić information content (AvgIpc) is 2.34. The number of sulfonamides is 1. The van der Waals surface area contributed by atoms with Crippen molar-refractivity contribution in [3.05, 3.63) is 29.8 Å². The van der Waals surface area contributed by atoms with Crippen molar-refractivity contribution in [3.63, 3.8) is 0 Å². The molecule has 0 aliphatic rings. The van der Waals surface area contributed by atoms with Crippen molar-refractivity contribution in [2.24, 2.45) is 0 Å². The highest BCUT2D eigenvalue weighted by molar-refractivity contribution is 7.89. The third-order valence-electron chi connectivity index (χ3n) is 2.85. The molecule has 0 bridgehead atoms. The second-order valence-corrected chi connectivity index (χ2v) is 6.13. The smallest absolute Gasteiger partial charge is 0.318 e. The van der Waals surface area contributed by atoms with E-state index in [0.29, 0.717) is 16.8 Å². The maximum atomic E-state index is 13.6. The number of rotatable bonds is 6. The highest BCUT2D eigenvalue weighted by Gasteiger charge is 2.32. The average molecular weight is 307 g/mol.